The fraction of sp³-hybridized carbons (Fsp3) is 0.556. The van der Waals surface area contributed by atoms with E-state index in [-0.39, 0.29) is 11.5 Å². The highest BCUT2D eigenvalue weighted by molar-refractivity contribution is 8.26. The van der Waals surface area contributed by atoms with Gasteiger partial charge in [-0.25, -0.2) is 4.98 Å². The molecule has 0 aliphatic carbocycles. The Hall–Kier alpha value is -2.19. The lowest BCUT2D eigenvalue weighted by molar-refractivity contribution is -0.122. The minimum absolute atomic E-state index is 0.118. The molecule has 0 aromatic carbocycles. The number of hydrogen-bond acceptors (Lipinski definition) is 6. The Morgan fingerprint density at radius 1 is 1.03 bits per heavy atom. The number of carbonyl (C=O) groups is 1. The summed E-state index contributed by atoms with van der Waals surface area (Å²) in [5, 5.41) is 3.18. The summed E-state index contributed by atoms with van der Waals surface area (Å²) >= 11 is 6.77. The van der Waals surface area contributed by atoms with Crippen molar-refractivity contribution < 1.29 is 4.79 Å². The summed E-state index contributed by atoms with van der Waals surface area (Å²) < 4.78 is 2.10. The van der Waals surface area contributed by atoms with Crippen LogP contribution in [0.4, 0.5) is 5.82 Å². The Morgan fingerprint density at radius 2 is 1.69 bits per heavy atom. The first kappa shape index (κ1) is 27.4. The Kier molecular flexibility index (Phi) is 10.8. The van der Waals surface area contributed by atoms with Gasteiger partial charge in [0.15, 0.2) is 0 Å². The van der Waals surface area contributed by atoms with E-state index in [1.54, 1.807) is 17.2 Å². The number of aromatic nitrogens is 2. The molecule has 0 atom stereocenters. The molecule has 3 heterocycles. The van der Waals surface area contributed by atoms with Gasteiger partial charge in [0, 0.05) is 19.3 Å². The molecule has 0 spiro atoms. The van der Waals surface area contributed by atoms with E-state index in [1.807, 2.05) is 26.0 Å². The van der Waals surface area contributed by atoms with Gasteiger partial charge in [-0.15, -0.1) is 0 Å². The summed E-state index contributed by atoms with van der Waals surface area (Å²) in [7, 11) is 0. The number of nitrogens with one attached hydrogen (secondary N) is 1. The normalized spacial score (nSPS) is 15.1. The number of thiocarbonyl (C=S) groups is 1. The summed E-state index contributed by atoms with van der Waals surface area (Å²) in [6.45, 7) is 7.38. The van der Waals surface area contributed by atoms with E-state index in [2.05, 4.69) is 17.2 Å². The van der Waals surface area contributed by atoms with Crippen LogP contribution >= 0.6 is 24.0 Å². The van der Waals surface area contributed by atoms with Crippen molar-refractivity contribution in [2.75, 3.05) is 18.4 Å². The molecule has 1 amide bonds. The Balaban J connectivity index is 1.62. The van der Waals surface area contributed by atoms with Crippen molar-refractivity contribution in [1.29, 1.82) is 0 Å². The van der Waals surface area contributed by atoms with Crippen molar-refractivity contribution >= 4 is 51.7 Å². The maximum absolute atomic E-state index is 13.3. The first-order valence-electron chi connectivity index (χ1n) is 13.0. The van der Waals surface area contributed by atoms with Crippen molar-refractivity contribution in [3.05, 3.63) is 44.7 Å². The molecule has 1 N–H and O–H groups in total. The average molecular weight is 515 g/mol. The van der Waals surface area contributed by atoms with Gasteiger partial charge in [-0.1, -0.05) is 94.8 Å². The average Bonchev–Trinajstić information content (AvgIpc) is 3.10. The number of thioether (sulfide) groups is 1. The van der Waals surface area contributed by atoms with E-state index in [9.17, 15) is 9.59 Å². The molecular formula is C27H38N4O2S2. The van der Waals surface area contributed by atoms with Gasteiger partial charge in [-0.2, -0.15) is 0 Å². The SMILES string of the molecule is CCCCCCCCCCCCN1C(=O)/C(=C\c2c(NCC)nc3c(C)cccn3c2=O)SC1=S. The maximum atomic E-state index is 13.3. The Labute approximate surface area is 218 Å². The van der Waals surface area contributed by atoms with E-state index in [1.165, 1.54) is 67.5 Å². The predicted molar refractivity (Wildman–Crippen MR) is 152 cm³/mol. The monoisotopic (exact) mass is 514 g/mol. The number of unbranched alkanes of at least 4 members (excludes halogenated alkanes) is 9. The van der Waals surface area contributed by atoms with Crippen LogP contribution in [0.2, 0.25) is 0 Å². The molecule has 0 saturated carbocycles. The molecule has 1 aliphatic heterocycles. The zero-order valence-corrected chi connectivity index (χ0v) is 22.9. The number of aryl methyl sites for hydroxylation is 1. The van der Waals surface area contributed by atoms with Crippen LogP contribution in [0.5, 0.6) is 0 Å². The van der Waals surface area contributed by atoms with Gasteiger partial charge in [-0.05, 0) is 38.0 Å². The lowest BCUT2D eigenvalue weighted by atomic mass is 10.1. The van der Waals surface area contributed by atoms with Crippen molar-refractivity contribution in [2.45, 2.75) is 85.0 Å². The smallest absolute Gasteiger partial charge is 0.267 e. The summed E-state index contributed by atoms with van der Waals surface area (Å²) in [6, 6.07) is 3.75. The predicted octanol–water partition coefficient (Wildman–Crippen LogP) is 6.56. The minimum Gasteiger partial charge on any atom is -0.370 e. The molecule has 0 unspecified atom stereocenters. The van der Waals surface area contributed by atoms with Crippen LogP contribution < -0.4 is 10.9 Å². The summed E-state index contributed by atoms with van der Waals surface area (Å²) in [6.07, 6.45) is 15.8. The Morgan fingerprint density at radius 3 is 2.34 bits per heavy atom. The molecule has 35 heavy (non-hydrogen) atoms. The molecule has 1 saturated heterocycles. The number of fused-ring (bicyclic) bond motifs is 1. The third kappa shape index (κ3) is 7.17. The molecule has 6 nitrogen and oxygen atoms in total. The van der Waals surface area contributed by atoms with E-state index >= 15 is 0 Å². The third-order valence-electron chi connectivity index (χ3n) is 6.31. The highest BCUT2D eigenvalue weighted by atomic mass is 32.2. The van der Waals surface area contributed by atoms with E-state index in [4.69, 9.17) is 12.2 Å². The van der Waals surface area contributed by atoms with Crippen LogP contribution in [-0.2, 0) is 4.79 Å². The number of pyridine rings is 1. The number of amides is 1. The van der Waals surface area contributed by atoms with E-state index < -0.39 is 0 Å². The third-order valence-corrected chi connectivity index (χ3v) is 7.69. The number of carbonyl (C=O) groups excluding carboxylic acids is 1. The largest absolute Gasteiger partial charge is 0.370 e. The number of anilines is 1. The first-order valence-corrected chi connectivity index (χ1v) is 14.2. The molecule has 1 aliphatic rings. The molecule has 1 fully saturated rings. The summed E-state index contributed by atoms with van der Waals surface area (Å²) in [4.78, 5) is 33.2. The van der Waals surface area contributed by atoms with Gasteiger partial charge >= 0.3 is 0 Å². The van der Waals surface area contributed by atoms with Gasteiger partial charge in [0.25, 0.3) is 11.5 Å². The minimum atomic E-state index is -0.199. The molecule has 8 heteroatoms. The molecular weight excluding hydrogens is 476 g/mol. The van der Waals surface area contributed by atoms with Crippen LogP contribution in [-0.4, -0.2) is 37.6 Å². The summed E-state index contributed by atoms with van der Waals surface area (Å²) in [5.41, 5.74) is 1.71. The molecule has 0 radical (unpaired) electrons. The van der Waals surface area contributed by atoms with Crippen LogP contribution in [0.25, 0.3) is 11.7 Å². The lowest BCUT2D eigenvalue weighted by Gasteiger charge is -2.14. The molecule has 0 bridgehead atoms. The molecule has 190 valence electrons. The summed E-state index contributed by atoms with van der Waals surface area (Å²) in [5.74, 6) is 0.374. The molecule has 3 rings (SSSR count). The van der Waals surface area contributed by atoms with Crippen molar-refractivity contribution in [2.24, 2.45) is 0 Å². The zero-order chi connectivity index (χ0) is 25.2. The Bertz CT molecular complexity index is 1130. The fourth-order valence-electron chi connectivity index (χ4n) is 4.33. The quantitative estimate of drug-likeness (QED) is 0.175. The van der Waals surface area contributed by atoms with Gasteiger partial charge in [-0.3, -0.25) is 18.9 Å². The van der Waals surface area contributed by atoms with Crippen LogP contribution in [0, 0.1) is 6.92 Å². The standard InChI is InChI=1S/C27H38N4O2S2/c1-4-6-7-8-9-10-11-12-13-14-17-31-26(33)22(35-27(31)34)19-21-23(28-5-2)29-24-20(3)16-15-18-30(24)25(21)32/h15-16,18-19,28H,4-14,17H2,1-3H3/b22-19+. The second-order valence-electron chi connectivity index (χ2n) is 9.11. The van der Waals surface area contributed by atoms with Gasteiger partial charge in [0.1, 0.15) is 15.8 Å². The fourth-order valence-corrected chi connectivity index (χ4v) is 5.62. The topological polar surface area (TPSA) is 66.7 Å². The second kappa shape index (κ2) is 13.8. The first-order chi connectivity index (χ1) is 17.0. The molecule has 2 aromatic heterocycles. The van der Waals surface area contributed by atoms with Crippen LogP contribution in [0.3, 0.4) is 0 Å². The van der Waals surface area contributed by atoms with Gasteiger partial charge in [0.05, 0.1) is 10.5 Å². The van der Waals surface area contributed by atoms with Crippen molar-refractivity contribution in [3.8, 4) is 0 Å². The van der Waals surface area contributed by atoms with Crippen LogP contribution in [0.1, 0.15) is 89.2 Å². The second-order valence-corrected chi connectivity index (χ2v) is 10.8. The van der Waals surface area contributed by atoms with Gasteiger partial charge < -0.3 is 5.32 Å². The lowest BCUT2D eigenvalue weighted by Crippen LogP contribution is -2.29. The number of rotatable bonds is 14. The van der Waals surface area contributed by atoms with Gasteiger partial charge in [0.2, 0.25) is 0 Å². The highest BCUT2D eigenvalue weighted by Gasteiger charge is 2.32. The maximum Gasteiger partial charge on any atom is 0.267 e. The van der Waals surface area contributed by atoms with E-state index in [0.29, 0.717) is 39.3 Å². The van der Waals surface area contributed by atoms with Crippen molar-refractivity contribution in [1.82, 2.24) is 14.3 Å². The highest BCUT2D eigenvalue weighted by Crippen LogP contribution is 2.33. The zero-order valence-electron chi connectivity index (χ0n) is 21.3. The number of nitrogens with zero attached hydrogens (tertiary/aromatic N) is 3. The number of hydrogen-bond donors (Lipinski definition) is 1. The van der Waals surface area contributed by atoms with E-state index in [0.717, 1.165) is 18.4 Å². The molecule has 2 aromatic rings. The van der Waals surface area contributed by atoms with Crippen LogP contribution in [0.15, 0.2) is 28.0 Å². The van der Waals surface area contributed by atoms with Crippen molar-refractivity contribution in [3.63, 3.8) is 0 Å².